The standard InChI is InChI=1S/C17H23NO6S/c1-17(2,3)15-18(13(14(19)24-15)11-25(4,21)22)16(20)23-10-12-8-6-5-7-9-12/h5-9,13,15H,10-11H2,1-4H3. The average molecular weight is 369 g/mol. The fraction of sp³-hybridized carbons (Fsp3) is 0.529. The minimum atomic E-state index is -3.49. The van der Waals surface area contributed by atoms with Crippen LogP contribution in [0.5, 0.6) is 0 Å². The number of nitrogens with zero attached hydrogens (tertiary/aromatic N) is 1. The second kappa shape index (κ2) is 7.03. The van der Waals surface area contributed by atoms with Crippen molar-refractivity contribution in [1.29, 1.82) is 0 Å². The molecule has 2 atom stereocenters. The molecule has 1 saturated heterocycles. The SMILES string of the molecule is CC(C)(C)C1OC(=O)C(CS(C)(=O)=O)N1C(=O)OCc1ccccc1. The molecule has 0 spiro atoms. The van der Waals surface area contributed by atoms with E-state index in [4.69, 9.17) is 9.47 Å². The van der Waals surface area contributed by atoms with E-state index >= 15 is 0 Å². The molecule has 2 unspecified atom stereocenters. The molecule has 1 fully saturated rings. The molecule has 8 heteroatoms. The first-order valence-electron chi connectivity index (χ1n) is 7.86. The number of carbonyl (C=O) groups is 2. The van der Waals surface area contributed by atoms with E-state index in [1.54, 1.807) is 32.9 Å². The van der Waals surface area contributed by atoms with Crippen molar-refractivity contribution in [1.82, 2.24) is 4.90 Å². The van der Waals surface area contributed by atoms with Crippen LogP contribution in [0.3, 0.4) is 0 Å². The van der Waals surface area contributed by atoms with Crippen LogP contribution in [0.2, 0.25) is 0 Å². The van der Waals surface area contributed by atoms with E-state index in [0.29, 0.717) is 0 Å². The Morgan fingerprint density at radius 3 is 2.36 bits per heavy atom. The maximum atomic E-state index is 12.6. The number of carbonyl (C=O) groups excluding carboxylic acids is 2. The number of sulfone groups is 1. The lowest BCUT2D eigenvalue weighted by Crippen LogP contribution is -2.50. The van der Waals surface area contributed by atoms with E-state index in [1.807, 2.05) is 18.2 Å². The molecule has 1 amide bonds. The molecule has 0 saturated carbocycles. The van der Waals surface area contributed by atoms with Gasteiger partial charge in [-0.25, -0.2) is 18.0 Å². The van der Waals surface area contributed by atoms with Crippen LogP contribution in [-0.2, 0) is 30.7 Å². The van der Waals surface area contributed by atoms with E-state index in [0.717, 1.165) is 16.7 Å². The number of rotatable bonds is 4. The van der Waals surface area contributed by atoms with Gasteiger partial charge in [0.05, 0.1) is 5.75 Å². The Kier molecular flexibility index (Phi) is 5.41. The Hall–Kier alpha value is -2.09. The van der Waals surface area contributed by atoms with E-state index in [1.165, 1.54) is 0 Å². The number of esters is 1. The zero-order valence-electron chi connectivity index (χ0n) is 14.8. The highest BCUT2D eigenvalue weighted by Gasteiger charge is 2.51. The first kappa shape index (κ1) is 19.2. The second-order valence-corrected chi connectivity index (χ2v) is 9.40. The Labute approximate surface area is 147 Å². The molecule has 25 heavy (non-hydrogen) atoms. The summed E-state index contributed by atoms with van der Waals surface area (Å²) in [7, 11) is -3.49. The molecule has 0 aliphatic carbocycles. The number of hydrogen-bond donors (Lipinski definition) is 0. The lowest BCUT2D eigenvalue weighted by Gasteiger charge is -2.33. The molecule has 0 aromatic heterocycles. The summed E-state index contributed by atoms with van der Waals surface area (Å²) >= 11 is 0. The summed E-state index contributed by atoms with van der Waals surface area (Å²) in [5.74, 6) is -1.24. The van der Waals surface area contributed by atoms with Crippen LogP contribution in [0, 0.1) is 5.41 Å². The first-order chi connectivity index (χ1) is 11.5. The van der Waals surface area contributed by atoms with Crippen molar-refractivity contribution in [3.05, 3.63) is 35.9 Å². The molecule has 0 bridgehead atoms. The van der Waals surface area contributed by atoms with Gasteiger partial charge in [0.25, 0.3) is 0 Å². The van der Waals surface area contributed by atoms with E-state index in [-0.39, 0.29) is 6.61 Å². The van der Waals surface area contributed by atoms with Crippen LogP contribution < -0.4 is 0 Å². The number of benzene rings is 1. The molecule has 7 nitrogen and oxygen atoms in total. The van der Waals surface area contributed by atoms with Gasteiger partial charge in [-0.1, -0.05) is 51.1 Å². The average Bonchev–Trinajstić information content (AvgIpc) is 2.81. The van der Waals surface area contributed by atoms with Crippen molar-refractivity contribution in [2.24, 2.45) is 5.41 Å². The normalized spacial score (nSPS) is 21.1. The highest BCUT2D eigenvalue weighted by Crippen LogP contribution is 2.33. The highest BCUT2D eigenvalue weighted by molar-refractivity contribution is 7.90. The second-order valence-electron chi connectivity index (χ2n) is 7.21. The quantitative estimate of drug-likeness (QED) is 0.754. The Morgan fingerprint density at radius 2 is 1.84 bits per heavy atom. The largest absolute Gasteiger partial charge is 0.444 e. The van der Waals surface area contributed by atoms with Crippen LogP contribution in [0.25, 0.3) is 0 Å². The van der Waals surface area contributed by atoms with Gasteiger partial charge < -0.3 is 9.47 Å². The highest BCUT2D eigenvalue weighted by atomic mass is 32.2. The summed E-state index contributed by atoms with van der Waals surface area (Å²) in [5.41, 5.74) is 0.197. The third-order valence-corrected chi connectivity index (χ3v) is 4.63. The molecule has 2 rings (SSSR count). The number of hydrogen-bond acceptors (Lipinski definition) is 6. The maximum Gasteiger partial charge on any atom is 0.413 e. The minimum absolute atomic E-state index is 0.0207. The molecule has 138 valence electrons. The van der Waals surface area contributed by atoms with Gasteiger partial charge in [0.1, 0.15) is 16.4 Å². The molecular formula is C17H23NO6S. The van der Waals surface area contributed by atoms with Gasteiger partial charge in [-0.3, -0.25) is 4.90 Å². The zero-order chi connectivity index (χ0) is 18.8. The predicted molar refractivity (Wildman–Crippen MR) is 91.3 cm³/mol. The minimum Gasteiger partial charge on any atom is -0.444 e. The maximum absolute atomic E-state index is 12.6. The van der Waals surface area contributed by atoms with Crippen LogP contribution in [0.4, 0.5) is 4.79 Å². The van der Waals surface area contributed by atoms with Gasteiger partial charge in [-0.05, 0) is 5.56 Å². The van der Waals surface area contributed by atoms with E-state index < -0.39 is 45.3 Å². The monoisotopic (exact) mass is 369 g/mol. The summed E-state index contributed by atoms with van der Waals surface area (Å²) in [6.07, 6.45) is -0.656. The van der Waals surface area contributed by atoms with Gasteiger partial charge in [-0.2, -0.15) is 0 Å². The van der Waals surface area contributed by atoms with Gasteiger partial charge in [0.15, 0.2) is 12.3 Å². The smallest absolute Gasteiger partial charge is 0.413 e. The van der Waals surface area contributed by atoms with Gasteiger partial charge in [0.2, 0.25) is 0 Å². The Morgan fingerprint density at radius 1 is 1.24 bits per heavy atom. The molecule has 0 N–H and O–H groups in total. The lowest BCUT2D eigenvalue weighted by molar-refractivity contribution is -0.147. The molecular weight excluding hydrogens is 346 g/mol. The summed E-state index contributed by atoms with van der Waals surface area (Å²) in [6, 6.07) is 7.87. The molecule has 1 aliphatic heterocycles. The van der Waals surface area contributed by atoms with Crippen molar-refractivity contribution in [2.45, 2.75) is 39.6 Å². The summed E-state index contributed by atoms with van der Waals surface area (Å²) < 4.78 is 33.9. The summed E-state index contributed by atoms with van der Waals surface area (Å²) in [4.78, 5) is 25.9. The fourth-order valence-electron chi connectivity index (χ4n) is 2.57. The van der Waals surface area contributed by atoms with Gasteiger partial charge >= 0.3 is 12.1 Å². The lowest BCUT2D eigenvalue weighted by atomic mass is 9.93. The zero-order valence-corrected chi connectivity index (χ0v) is 15.6. The van der Waals surface area contributed by atoms with Crippen LogP contribution in [0.15, 0.2) is 30.3 Å². The van der Waals surface area contributed by atoms with E-state index in [2.05, 4.69) is 0 Å². The van der Waals surface area contributed by atoms with Crippen molar-refractivity contribution in [3.63, 3.8) is 0 Å². The molecule has 1 aliphatic rings. The first-order valence-corrected chi connectivity index (χ1v) is 9.92. The molecule has 1 aromatic carbocycles. The number of cyclic esters (lactones) is 1. The van der Waals surface area contributed by atoms with Crippen molar-refractivity contribution in [2.75, 3.05) is 12.0 Å². The van der Waals surface area contributed by atoms with Crippen LogP contribution in [-0.4, -0.2) is 49.7 Å². The van der Waals surface area contributed by atoms with E-state index in [9.17, 15) is 18.0 Å². The number of amides is 1. The fourth-order valence-corrected chi connectivity index (χ4v) is 3.44. The third-order valence-electron chi connectivity index (χ3n) is 3.71. The van der Waals surface area contributed by atoms with Crippen LogP contribution >= 0.6 is 0 Å². The summed E-state index contributed by atoms with van der Waals surface area (Å²) in [5, 5.41) is 0. The Bertz CT molecular complexity index is 738. The third kappa shape index (κ3) is 4.94. The molecule has 1 aromatic rings. The number of ether oxygens (including phenoxy) is 2. The predicted octanol–water partition coefficient (Wildman–Crippen LogP) is 1.97. The molecule has 0 radical (unpaired) electrons. The van der Waals surface area contributed by atoms with Crippen LogP contribution in [0.1, 0.15) is 26.3 Å². The molecule has 1 heterocycles. The summed E-state index contributed by atoms with van der Waals surface area (Å²) in [6.45, 7) is 5.41. The van der Waals surface area contributed by atoms with Gasteiger partial charge in [0, 0.05) is 11.7 Å². The van der Waals surface area contributed by atoms with Gasteiger partial charge in [-0.15, -0.1) is 0 Å². The topological polar surface area (TPSA) is 90.0 Å². The van der Waals surface area contributed by atoms with Crippen molar-refractivity contribution in [3.8, 4) is 0 Å². The van der Waals surface area contributed by atoms with Crippen molar-refractivity contribution < 1.29 is 27.5 Å². The Balaban J connectivity index is 2.22. The van der Waals surface area contributed by atoms with Crippen molar-refractivity contribution >= 4 is 21.9 Å².